The van der Waals surface area contributed by atoms with Gasteiger partial charge in [0.25, 0.3) is 0 Å². The summed E-state index contributed by atoms with van der Waals surface area (Å²) in [5.41, 5.74) is 0. The average molecular weight is 295 g/mol. The fourth-order valence-electron chi connectivity index (χ4n) is 3.84. The average Bonchev–Trinajstić information content (AvgIpc) is 3.11. The Morgan fingerprint density at radius 3 is 2.67 bits per heavy atom. The van der Waals surface area contributed by atoms with Crippen LogP contribution >= 0.6 is 0 Å². The molecule has 1 saturated heterocycles. The Hall–Kier alpha value is -1.39. The quantitative estimate of drug-likeness (QED) is 0.911. The Balaban J connectivity index is 1.89. The van der Waals surface area contributed by atoms with Crippen molar-refractivity contribution < 1.29 is 8.78 Å². The van der Waals surface area contributed by atoms with Gasteiger partial charge in [-0.05, 0) is 38.5 Å². The number of anilines is 2. The number of pyridine rings is 1. The lowest BCUT2D eigenvalue weighted by molar-refractivity contribution is 0.425. The fourth-order valence-corrected chi connectivity index (χ4v) is 3.84. The van der Waals surface area contributed by atoms with Crippen molar-refractivity contribution in [2.75, 3.05) is 23.3 Å². The second-order valence-electron chi connectivity index (χ2n) is 6.10. The minimum atomic E-state index is -0.616. The topological polar surface area (TPSA) is 28.2 Å². The summed E-state index contributed by atoms with van der Waals surface area (Å²) in [4.78, 5) is 6.31. The molecule has 1 unspecified atom stereocenters. The van der Waals surface area contributed by atoms with Crippen molar-refractivity contribution in [3.8, 4) is 0 Å². The van der Waals surface area contributed by atoms with Crippen molar-refractivity contribution >= 4 is 11.6 Å². The Labute approximate surface area is 124 Å². The van der Waals surface area contributed by atoms with Crippen LogP contribution in [-0.4, -0.2) is 24.1 Å². The van der Waals surface area contributed by atoms with E-state index in [0.717, 1.165) is 25.5 Å². The van der Waals surface area contributed by atoms with E-state index in [1.165, 1.54) is 25.7 Å². The highest BCUT2D eigenvalue weighted by Gasteiger charge is 2.35. The maximum absolute atomic E-state index is 14.2. The van der Waals surface area contributed by atoms with Crippen LogP contribution in [0.2, 0.25) is 0 Å². The van der Waals surface area contributed by atoms with Crippen LogP contribution in [0.1, 0.15) is 45.4 Å². The van der Waals surface area contributed by atoms with Crippen molar-refractivity contribution in [3.05, 3.63) is 17.7 Å². The second-order valence-corrected chi connectivity index (χ2v) is 6.10. The van der Waals surface area contributed by atoms with Crippen LogP contribution in [0.4, 0.5) is 20.4 Å². The summed E-state index contributed by atoms with van der Waals surface area (Å²) in [6.45, 7) is 3.27. The summed E-state index contributed by atoms with van der Waals surface area (Å²) in [6.07, 6.45) is 7.16. The zero-order valence-corrected chi connectivity index (χ0v) is 12.5. The third-order valence-corrected chi connectivity index (χ3v) is 4.77. The van der Waals surface area contributed by atoms with Gasteiger partial charge in [0.15, 0.2) is 23.3 Å². The van der Waals surface area contributed by atoms with Crippen molar-refractivity contribution in [2.45, 2.75) is 51.5 Å². The van der Waals surface area contributed by atoms with E-state index in [0.29, 0.717) is 24.3 Å². The minimum Gasteiger partial charge on any atom is -0.368 e. The number of hydrogen-bond acceptors (Lipinski definition) is 3. The Bertz CT molecular complexity index is 501. The van der Waals surface area contributed by atoms with E-state index in [4.69, 9.17) is 0 Å². The number of nitrogens with one attached hydrogen (secondary N) is 1. The van der Waals surface area contributed by atoms with E-state index in [9.17, 15) is 8.78 Å². The van der Waals surface area contributed by atoms with Gasteiger partial charge in [0.05, 0.1) is 0 Å². The molecule has 0 spiro atoms. The van der Waals surface area contributed by atoms with Gasteiger partial charge in [0, 0.05) is 25.2 Å². The third kappa shape index (κ3) is 2.83. The van der Waals surface area contributed by atoms with Crippen molar-refractivity contribution in [1.29, 1.82) is 0 Å². The van der Waals surface area contributed by atoms with Gasteiger partial charge in [0.2, 0.25) is 0 Å². The van der Waals surface area contributed by atoms with E-state index in [1.807, 2.05) is 6.92 Å². The lowest BCUT2D eigenvalue weighted by Gasteiger charge is -2.30. The van der Waals surface area contributed by atoms with E-state index in [-0.39, 0.29) is 5.82 Å². The van der Waals surface area contributed by atoms with Crippen molar-refractivity contribution in [2.24, 2.45) is 5.92 Å². The van der Waals surface area contributed by atoms with Crippen LogP contribution in [-0.2, 0) is 0 Å². The molecule has 0 radical (unpaired) electrons. The molecule has 21 heavy (non-hydrogen) atoms. The monoisotopic (exact) mass is 295 g/mol. The summed E-state index contributed by atoms with van der Waals surface area (Å²) in [5.74, 6) is -0.0391. The molecule has 2 heterocycles. The third-order valence-electron chi connectivity index (χ3n) is 4.77. The molecule has 2 fully saturated rings. The molecular weight excluding hydrogens is 272 g/mol. The number of aromatic nitrogens is 1. The maximum atomic E-state index is 14.2. The molecule has 3 rings (SSSR count). The summed E-state index contributed by atoms with van der Waals surface area (Å²) < 4.78 is 27.9. The Morgan fingerprint density at radius 2 is 1.95 bits per heavy atom. The first-order chi connectivity index (χ1) is 10.2. The highest BCUT2D eigenvalue weighted by molar-refractivity contribution is 5.50. The van der Waals surface area contributed by atoms with E-state index in [1.54, 1.807) is 0 Å². The molecule has 1 saturated carbocycles. The van der Waals surface area contributed by atoms with Gasteiger partial charge >= 0.3 is 0 Å². The summed E-state index contributed by atoms with van der Waals surface area (Å²) >= 11 is 0. The zero-order chi connectivity index (χ0) is 14.8. The molecule has 0 amide bonds. The summed E-state index contributed by atoms with van der Waals surface area (Å²) in [6, 6.07) is 1.33. The van der Waals surface area contributed by atoms with Gasteiger partial charge in [0.1, 0.15) is 0 Å². The number of hydrogen-bond donors (Lipinski definition) is 1. The standard InChI is InChI=1S/C16H23F2N3/c1-2-19-15-12(17)10-13(18)16(20-15)21-9-5-8-14(21)11-6-3-4-7-11/h10-11,14H,2-9H2,1H3,(H,19,20). The van der Waals surface area contributed by atoms with Gasteiger partial charge in [-0.25, -0.2) is 13.8 Å². The molecule has 1 atom stereocenters. The van der Waals surface area contributed by atoms with E-state index < -0.39 is 11.6 Å². The highest BCUT2D eigenvalue weighted by atomic mass is 19.1. The maximum Gasteiger partial charge on any atom is 0.168 e. The largest absolute Gasteiger partial charge is 0.368 e. The predicted molar refractivity (Wildman–Crippen MR) is 80.6 cm³/mol. The van der Waals surface area contributed by atoms with Crippen LogP contribution < -0.4 is 10.2 Å². The number of halogens is 2. The lowest BCUT2D eigenvalue weighted by Crippen LogP contribution is -2.36. The van der Waals surface area contributed by atoms with Crippen LogP contribution in [0.5, 0.6) is 0 Å². The van der Waals surface area contributed by atoms with Crippen molar-refractivity contribution in [3.63, 3.8) is 0 Å². The first-order valence-electron chi connectivity index (χ1n) is 8.07. The highest BCUT2D eigenvalue weighted by Crippen LogP contribution is 2.38. The van der Waals surface area contributed by atoms with Gasteiger partial charge in [-0.15, -0.1) is 0 Å². The molecule has 1 aliphatic carbocycles. The van der Waals surface area contributed by atoms with Gasteiger partial charge in [-0.1, -0.05) is 12.8 Å². The molecule has 1 aromatic heterocycles. The van der Waals surface area contributed by atoms with Crippen LogP contribution in [0, 0.1) is 17.6 Å². The smallest absolute Gasteiger partial charge is 0.168 e. The molecule has 1 aliphatic heterocycles. The van der Waals surface area contributed by atoms with Crippen LogP contribution in [0.15, 0.2) is 6.07 Å². The normalized spacial score (nSPS) is 23.0. The SMILES string of the molecule is CCNc1nc(N2CCCC2C2CCCC2)c(F)cc1F. The zero-order valence-electron chi connectivity index (χ0n) is 12.5. The van der Waals surface area contributed by atoms with Gasteiger partial charge < -0.3 is 10.2 Å². The molecule has 3 nitrogen and oxygen atoms in total. The Kier molecular flexibility index (Phi) is 4.27. The number of nitrogens with zero attached hydrogens (tertiary/aromatic N) is 2. The Morgan fingerprint density at radius 1 is 1.19 bits per heavy atom. The molecule has 2 aliphatic rings. The lowest BCUT2D eigenvalue weighted by atomic mass is 9.96. The molecule has 0 aromatic carbocycles. The molecule has 1 N–H and O–H groups in total. The first kappa shape index (κ1) is 14.5. The molecule has 5 heteroatoms. The molecule has 1 aromatic rings. The summed E-state index contributed by atoms with van der Waals surface area (Å²) in [7, 11) is 0. The fraction of sp³-hybridized carbons (Fsp3) is 0.688. The minimum absolute atomic E-state index is 0.158. The molecular formula is C16H23F2N3. The van der Waals surface area contributed by atoms with E-state index >= 15 is 0 Å². The second kappa shape index (κ2) is 6.16. The van der Waals surface area contributed by atoms with Gasteiger partial charge in [-0.3, -0.25) is 0 Å². The predicted octanol–water partition coefficient (Wildman–Crippen LogP) is 3.95. The van der Waals surface area contributed by atoms with Crippen molar-refractivity contribution in [1.82, 2.24) is 4.98 Å². The molecule has 0 bridgehead atoms. The molecule has 116 valence electrons. The van der Waals surface area contributed by atoms with Gasteiger partial charge in [-0.2, -0.15) is 0 Å². The first-order valence-corrected chi connectivity index (χ1v) is 8.07. The summed E-state index contributed by atoms with van der Waals surface area (Å²) in [5, 5.41) is 2.87. The van der Waals surface area contributed by atoms with Crippen LogP contribution in [0.3, 0.4) is 0 Å². The van der Waals surface area contributed by atoms with E-state index in [2.05, 4.69) is 15.2 Å². The van der Waals surface area contributed by atoms with Crippen LogP contribution in [0.25, 0.3) is 0 Å². The number of rotatable bonds is 4.